The molecule has 3 nitrogen and oxygen atoms in total. The Hall–Kier alpha value is -1.35. The molecule has 2 atom stereocenters. The first-order chi connectivity index (χ1) is 8.20. The van der Waals surface area contributed by atoms with Gasteiger partial charge in [0, 0.05) is 30.8 Å². The van der Waals surface area contributed by atoms with Crippen molar-refractivity contribution in [3.63, 3.8) is 0 Å². The normalized spacial score (nSPS) is 26.4. The van der Waals surface area contributed by atoms with Gasteiger partial charge in [0.25, 0.3) is 5.56 Å². The topological polar surface area (TPSA) is 34.0 Å². The summed E-state index contributed by atoms with van der Waals surface area (Å²) >= 11 is 0. The number of nitrogens with one attached hydrogen (secondary N) is 1. The number of nitrogens with zero attached hydrogens (tertiary/aromatic N) is 1. The van der Waals surface area contributed by atoms with Crippen molar-refractivity contribution in [3.8, 4) is 0 Å². The molecule has 3 rings (SSSR count). The fourth-order valence-corrected chi connectivity index (χ4v) is 3.34. The predicted octanol–water partition coefficient (Wildman–Crippen LogP) is 1.51. The van der Waals surface area contributed by atoms with Gasteiger partial charge in [-0.3, -0.25) is 4.79 Å². The lowest BCUT2D eigenvalue weighted by atomic mass is 9.82. The van der Waals surface area contributed by atoms with E-state index in [1.165, 1.54) is 12.1 Å². The number of rotatable bonds is 1. The first kappa shape index (κ1) is 10.8. The lowest BCUT2D eigenvalue weighted by Gasteiger charge is -2.38. The zero-order chi connectivity index (χ0) is 12.0. The van der Waals surface area contributed by atoms with E-state index >= 15 is 0 Å². The monoisotopic (exact) mass is 230 g/mol. The van der Waals surface area contributed by atoms with Gasteiger partial charge in [0.05, 0.1) is 0 Å². The van der Waals surface area contributed by atoms with E-state index in [1.807, 2.05) is 17.6 Å². The minimum atomic E-state index is 0.153. The molecule has 0 amide bonds. The zero-order valence-corrected chi connectivity index (χ0v) is 10.2. The second-order valence-corrected chi connectivity index (χ2v) is 5.24. The minimum absolute atomic E-state index is 0.153. The second kappa shape index (κ2) is 3.84. The Morgan fingerprint density at radius 2 is 2.35 bits per heavy atom. The molecule has 1 N–H and O–H groups in total. The summed E-state index contributed by atoms with van der Waals surface area (Å²) in [6.07, 6.45) is 3.10. The van der Waals surface area contributed by atoms with Crippen molar-refractivity contribution in [2.75, 3.05) is 13.1 Å². The molecule has 2 aliphatic heterocycles. The van der Waals surface area contributed by atoms with Crippen LogP contribution in [0.5, 0.6) is 0 Å². The molecular weight excluding hydrogens is 212 g/mol. The van der Waals surface area contributed by atoms with Gasteiger partial charge in [-0.25, -0.2) is 0 Å². The molecule has 2 aliphatic rings. The highest BCUT2D eigenvalue weighted by molar-refractivity contribution is 5.55. The van der Waals surface area contributed by atoms with Crippen LogP contribution in [0.4, 0.5) is 0 Å². The summed E-state index contributed by atoms with van der Waals surface area (Å²) < 4.78 is 1.98. The third-order valence-corrected chi connectivity index (χ3v) is 4.07. The largest absolute Gasteiger partial charge is 0.316 e. The smallest absolute Gasteiger partial charge is 0.251 e. The van der Waals surface area contributed by atoms with Crippen LogP contribution in [0.3, 0.4) is 0 Å². The summed E-state index contributed by atoms with van der Waals surface area (Å²) in [5.74, 6) is 1.09. The van der Waals surface area contributed by atoms with E-state index in [2.05, 4.69) is 11.9 Å². The minimum Gasteiger partial charge on any atom is -0.316 e. The fraction of sp³-hybridized carbons (Fsp3) is 0.500. The highest BCUT2D eigenvalue weighted by atomic mass is 16.1. The Morgan fingerprint density at radius 3 is 3.12 bits per heavy atom. The van der Waals surface area contributed by atoms with Crippen molar-refractivity contribution in [2.24, 2.45) is 5.92 Å². The SMILES string of the molecule is C=Cc1c(C)cc(=O)n2c1C1CNCC(C1)C2. The lowest BCUT2D eigenvalue weighted by Crippen LogP contribution is -2.45. The molecule has 1 aromatic heterocycles. The maximum Gasteiger partial charge on any atom is 0.251 e. The molecule has 1 fully saturated rings. The summed E-state index contributed by atoms with van der Waals surface area (Å²) in [6, 6.07) is 1.75. The van der Waals surface area contributed by atoms with Gasteiger partial charge in [-0.15, -0.1) is 0 Å². The van der Waals surface area contributed by atoms with Gasteiger partial charge in [-0.2, -0.15) is 0 Å². The number of aryl methyl sites for hydroxylation is 1. The van der Waals surface area contributed by atoms with Crippen LogP contribution in [-0.2, 0) is 6.54 Å². The fourth-order valence-electron chi connectivity index (χ4n) is 3.34. The molecule has 0 aliphatic carbocycles. The quantitative estimate of drug-likeness (QED) is 0.793. The van der Waals surface area contributed by atoms with Crippen LogP contribution in [0.1, 0.15) is 29.2 Å². The average molecular weight is 230 g/mol. The first-order valence-electron chi connectivity index (χ1n) is 6.28. The van der Waals surface area contributed by atoms with E-state index < -0.39 is 0 Å². The third-order valence-electron chi connectivity index (χ3n) is 4.07. The first-order valence-corrected chi connectivity index (χ1v) is 6.28. The molecule has 3 heteroatoms. The molecule has 0 radical (unpaired) electrons. The molecule has 1 saturated heterocycles. The molecule has 90 valence electrons. The molecule has 3 heterocycles. The third kappa shape index (κ3) is 1.57. The Balaban J connectivity index is 2.26. The van der Waals surface area contributed by atoms with Gasteiger partial charge in [-0.05, 0) is 36.9 Å². The van der Waals surface area contributed by atoms with Crippen LogP contribution in [0.15, 0.2) is 17.4 Å². The Bertz CT molecular complexity index is 530. The van der Waals surface area contributed by atoms with E-state index in [1.54, 1.807) is 6.07 Å². The lowest BCUT2D eigenvalue weighted by molar-refractivity contribution is 0.256. The maximum atomic E-state index is 12.1. The number of pyridine rings is 1. The van der Waals surface area contributed by atoms with Crippen LogP contribution in [-0.4, -0.2) is 17.7 Å². The van der Waals surface area contributed by atoms with Crippen LogP contribution >= 0.6 is 0 Å². The van der Waals surface area contributed by atoms with Crippen LogP contribution in [0.2, 0.25) is 0 Å². The Kier molecular flexibility index (Phi) is 2.44. The summed E-state index contributed by atoms with van der Waals surface area (Å²) in [7, 11) is 0. The molecule has 0 aromatic carbocycles. The van der Waals surface area contributed by atoms with Crippen molar-refractivity contribution in [3.05, 3.63) is 39.8 Å². The molecule has 17 heavy (non-hydrogen) atoms. The van der Waals surface area contributed by atoms with Crippen molar-refractivity contribution in [1.29, 1.82) is 0 Å². The molecule has 1 aromatic rings. The van der Waals surface area contributed by atoms with Gasteiger partial charge in [0.1, 0.15) is 0 Å². The summed E-state index contributed by atoms with van der Waals surface area (Å²) in [5.41, 5.74) is 3.57. The van der Waals surface area contributed by atoms with Crippen molar-refractivity contribution in [1.82, 2.24) is 9.88 Å². The van der Waals surface area contributed by atoms with E-state index in [-0.39, 0.29) is 5.56 Å². The number of piperidine rings is 1. The average Bonchev–Trinajstić information content (AvgIpc) is 2.31. The van der Waals surface area contributed by atoms with Gasteiger partial charge in [0.15, 0.2) is 0 Å². The standard InChI is InChI=1S/C14H18N2O/c1-3-12-9(2)4-13(17)16-8-10-5-11(14(12)16)7-15-6-10/h3-4,10-11,15H,1,5-8H2,2H3. The van der Waals surface area contributed by atoms with E-state index in [0.29, 0.717) is 11.8 Å². The molecule has 0 spiro atoms. The highest BCUT2D eigenvalue weighted by Crippen LogP contribution is 2.34. The Labute approximate surface area is 101 Å². The number of hydrogen-bond acceptors (Lipinski definition) is 2. The number of aromatic nitrogens is 1. The van der Waals surface area contributed by atoms with Gasteiger partial charge in [-0.1, -0.05) is 12.7 Å². The van der Waals surface area contributed by atoms with E-state index in [9.17, 15) is 4.79 Å². The number of hydrogen-bond donors (Lipinski definition) is 1. The van der Waals surface area contributed by atoms with E-state index in [0.717, 1.165) is 30.8 Å². The molecular formula is C14H18N2O. The molecule has 0 saturated carbocycles. The predicted molar refractivity (Wildman–Crippen MR) is 69.2 cm³/mol. The van der Waals surface area contributed by atoms with Crippen molar-refractivity contribution < 1.29 is 0 Å². The summed E-state index contributed by atoms with van der Waals surface area (Å²) in [4.78, 5) is 12.1. The highest BCUT2D eigenvalue weighted by Gasteiger charge is 2.32. The van der Waals surface area contributed by atoms with Gasteiger partial charge >= 0.3 is 0 Å². The summed E-state index contributed by atoms with van der Waals surface area (Å²) in [5, 5.41) is 3.47. The number of fused-ring (bicyclic) bond motifs is 4. The summed E-state index contributed by atoms with van der Waals surface area (Å²) in [6.45, 7) is 8.79. The van der Waals surface area contributed by atoms with Gasteiger partial charge < -0.3 is 9.88 Å². The molecule has 2 bridgehead atoms. The van der Waals surface area contributed by atoms with Gasteiger partial charge in [0.2, 0.25) is 0 Å². The maximum absolute atomic E-state index is 12.1. The van der Waals surface area contributed by atoms with Crippen LogP contribution in [0, 0.1) is 12.8 Å². The van der Waals surface area contributed by atoms with Crippen molar-refractivity contribution >= 4 is 6.08 Å². The molecule has 2 unspecified atom stereocenters. The second-order valence-electron chi connectivity index (χ2n) is 5.24. The van der Waals surface area contributed by atoms with Crippen LogP contribution in [0.25, 0.3) is 6.08 Å². The Morgan fingerprint density at radius 1 is 1.53 bits per heavy atom. The van der Waals surface area contributed by atoms with Crippen molar-refractivity contribution in [2.45, 2.75) is 25.8 Å². The van der Waals surface area contributed by atoms with E-state index in [4.69, 9.17) is 0 Å². The van der Waals surface area contributed by atoms with Crippen LogP contribution < -0.4 is 10.9 Å². The zero-order valence-electron chi connectivity index (χ0n) is 10.2.